The number of rotatable bonds is 3. The first-order valence-corrected chi connectivity index (χ1v) is 5.50. The Morgan fingerprint density at radius 1 is 1.28 bits per heavy atom. The van der Waals surface area contributed by atoms with Gasteiger partial charge in [0, 0.05) is 11.8 Å². The molecule has 2 aromatic rings. The van der Waals surface area contributed by atoms with Crippen LogP contribution >= 0.6 is 0 Å². The topological polar surface area (TPSA) is 50.2 Å². The normalized spacial score (nSPS) is 10.3. The number of pyridine rings is 1. The molecule has 0 aliphatic heterocycles. The molecule has 0 aliphatic rings. The molecule has 0 amide bonds. The van der Waals surface area contributed by atoms with Gasteiger partial charge in [0.25, 0.3) is 0 Å². The molecule has 0 spiro atoms. The Bertz CT molecular complexity index is 579. The van der Waals surface area contributed by atoms with Crippen molar-refractivity contribution in [3.05, 3.63) is 53.6 Å². The molecule has 0 saturated heterocycles. The van der Waals surface area contributed by atoms with Gasteiger partial charge >= 0.3 is 5.97 Å². The fraction of sp³-hybridized carbons (Fsp3) is 0.143. The number of carbonyl (C=O) groups is 1. The van der Waals surface area contributed by atoms with Crippen molar-refractivity contribution in [2.24, 2.45) is 0 Å². The molecule has 0 unspecified atom stereocenters. The molecule has 2 rings (SSSR count). The summed E-state index contributed by atoms with van der Waals surface area (Å²) in [5.41, 5.74) is 2.96. The van der Waals surface area contributed by atoms with E-state index in [0.717, 1.165) is 16.7 Å². The van der Waals surface area contributed by atoms with Crippen molar-refractivity contribution in [3.63, 3.8) is 0 Å². The molecule has 4 heteroatoms. The molecule has 1 heterocycles. The number of aliphatic carboxylic acids is 1. The summed E-state index contributed by atoms with van der Waals surface area (Å²) < 4.78 is 12.9. The molecule has 18 heavy (non-hydrogen) atoms. The Hall–Kier alpha value is -2.23. The predicted octanol–water partition coefficient (Wildman–Crippen LogP) is 2.82. The van der Waals surface area contributed by atoms with Gasteiger partial charge in [-0.05, 0) is 36.2 Å². The van der Waals surface area contributed by atoms with E-state index < -0.39 is 5.97 Å². The zero-order chi connectivity index (χ0) is 13.1. The van der Waals surface area contributed by atoms with Crippen LogP contribution in [-0.2, 0) is 11.2 Å². The molecule has 3 nitrogen and oxygen atoms in total. The summed E-state index contributed by atoms with van der Waals surface area (Å²) in [6.07, 6.45) is 1.44. The molecule has 0 saturated carbocycles. The summed E-state index contributed by atoms with van der Waals surface area (Å²) in [5, 5.41) is 8.87. The Morgan fingerprint density at radius 3 is 2.56 bits per heavy atom. The highest BCUT2D eigenvalue weighted by Gasteiger charge is 2.12. The zero-order valence-corrected chi connectivity index (χ0v) is 9.85. The molecule has 0 aliphatic carbocycles. The van der Waals surface area contributed by atoms with E-state index >= 15 is 0 Å². The van der Waals surface area contributed by atoms with E-state index in [1.54, 1.807) is 18.3 Å². The number of benzene rings is 1. The lowest BCUT2D eigenvalue weighted by Gasteiger charge is -2.10. The first kappa shape index (κ1) is 12.2. The summed E-state index contributed by atoms with van der Waals surface area (Å²) >= 11 is 0. The molecular weight excluding hydrogens is 233 g/mol. The van der Waals surface area contributed by atoms with Gasteiger partial charge in [-0.25, -0.2) is 4.39 Å². The van der Waals surface area contributed by atoms with Gasteiger partial charge in [0.2, 0.25) is 0 Å². The summed E-state index contributed by atoms with van der Waals surface area (Å²) in [7, 11) is 0. The number of carboxylic acid groups (broad SMARTS) is 1. The van der Waals surface area contributed by atoms with Crippen LogP contribution in [0.25, 0.3) is 11.1 Å². The third-order valence-electron chi connectivity index (χ3n) is 2.69. The molecule has 1 aromatic carbocycles. The Balaban J connectivity index is 2.54. The van der Waals surface area contributed by atoms with Crippen molar-refractivity contribution in [1.82, 2.24) is 4.98 Å². The van der Waals surface area contributed by atoms with Crippen LogP contribution in [0.3, 0.4) is 0 Å². The van der Waals surface area contributed by atoms with Crippen LogP contribution in [0.4, 0.5) is 4.39 Å². The van der Waals surface area contributed by atoms with E-state index in [0.29, 0.717) is 5.69 Å². The van der Waals surface area contributed by atoms with Crippen molar-refractivity contribution in [3.8, 4) is 11.1 Å². The molecular formula is C14H12FNO2. The van der Waals surface area contributed by atoms with E-state index in [1.807, 2.05) is 13.0 Å². The number of nitrogens with zero attached hydrogens (tertiary/aromatic N) is 1. The first-order valence-electron chi connectivity index (χ1n) is 5.50. The number of aryl methyl sites for hydroxylation is 1. The zero-order valence-electron chi connectivity index (χ0n) is 9.85. The van der Waals surface area contributed by atoms with Crippen molar-refractivity contribution in [2.75, 3.05) is 0 Å². The van der Waals surface area contributed by atoms with E-state index in [2.05, 4.69) is 4.98 Å². The third-order valence-corrected chi connectivity index (χ3v) is 2.69. The van der Waals surface area contributed by atoms with Crippen molar-refractivity contribution in [2.45, 2.75) is 13.3 Å². The SMILES string of the molecule is Cc1ccnc(CC(=O)O)c1-c1ccc(F)cc1. The van der Waals surface area contributed by atoms with Crippen LogP contribution in [0.5, 0.6) is 0 Å². The van der Waals surface area contributed by atoms with Gasteiger partial charge in [-0.2, -0.15) is 0 Å². The average Bonchev–Trinajstić information content (AvgIpc) is 2.30. The van der Waals surface area contributed by atoms with Crippen LogP contribution in [0.1, 0.15) is 11.3 Å². The Kier molecular flexibility index (Phi) is 3.37. The Morgan fingerprint density at radius 2 is 1.94 bits per heavy atom. The van der Waals surface area contributed by atoms with E-state index in [9.17, 15) is 9.18 Å². The van der Waals surface area contributed by atoms with Crippen LogP contribution in [0.2, 0.25) is 0 Å². The van der Waals surface area contributed by atoms with Crippen LogP contribution < -0.4 is 0 Å². The maximum absolute atomic E-state index is 12.9. The lowest BCUT2D eigenvalue weighted by atomic mass is 9.98. The minimum Gasteiger partial charge on any atom is -0.481 e. The van der Waals surface area contributed by atoms with E-state index in [4.69, 9.17) is 5.11 Å². The quantitative estimate of drug-likeness (QED) is 0.904. The van der Waals surface area contributed by atoms with Crippen molar-refractivity contribution in [1.29, 1.82) is 0 Å². The van der Waals surface area contributed by atoms with E-state index in [-0.39, 0.29) is 12.2 Å². The second kappa shape index (κ2) is 4.96. The third kappa shape index (κ3) is 2.53. The second-order valence-electron chi connectivity index (χ2n) is 4.03. The first-order chi connectivity index (χ1) is 8.58. The fourth-order valence-electron chi connectivity index (χ4n) is 1.90. The van der Waals surface area contributed by atoms with Gasteiger partial charge in [0.05, 0.1) is 12.1 Å². The standard InChI is InChI=1S/C14H12FNO2/c1-9-6-7-16-12(8-13(17)18)14(9)10-2-4-11(15)5-3-10/h2-7H,8H2,1H3,(H,17,18). The van der Waals surface area contributed by atoms with Crippen LogP contribution in [-0.4, -0.2) is 16.1 Å². The lowest BCUT2D eigenvalue weighted by Crippen LogP contribution is -2.05. The number of carboxylic acids is 1. The highest BCUT2D eigenvalue weighted by molar-refractivity contribution is 5.76. The van der Waals surface area contributed by atoms with Gasteiger partial charge < -0.3 is 5.11 Å². The summed E-state index contributed by atoms with van der Waals surface area (Å²) in [5.74, 6) is -1.25. The number of hydrogen-bond acceptors (Lipinski definition) is 2. The number of hydrogen-bond donors (Lipinski definition) is 1. The maximum Gasteiger partial charge on any atom is 0.309 e. The average molecular weight is 245 g/mol. The predicted molar refractivity (Wildman–Crippen MR) is 65.7 cm³/mol. The maximum atomic E-state index is 12.9. The summed E-state index contributed by atoms with van der Waals surface area (Å²) in [4.78, 5) is 14.9. The molecule has 92 valence electrons. The summed E-state index contributed by atoms with van der Waals surface area (Å²) in [6.45, 7) is 1.88. The molecule has 1 aromatic heterocycles. The van der Waals surface area contributed by atoms with Gasteiger partial charge in [-0.15, -0.1) is 0 Å². The number of aromatic nitrogens is 1. The molecule has 0 radical (unpaired) electrons. The van der Waals surface area contributed by atoms with Gasteiger partial charge in [-0.1, -0.05) is 12.1 Å². The lowest BCUT2D eigenvalue weighted by molar-refractivity contribution is -0.136. The summed E-state index contributed by atoms with van der Waals surface area (Å²) in [6, 6.07) is 7.78. The largest absolute Gasteiger partial charge is 0.481 e. The van der Waals surface area contributed by atoms with Crippen molar-refractivity contribution >= 4 is 5.97 Å². The van der Waals surface area contributed by atoms with Gasteiger partial charge in [-0.3, -0.25) is 9.78 Å². The van der Waals surface area contributed by atoms with Crippen molar-refractivity contribution < 1.29 is 14.3 Å². The highest BCUT2D eigenvalue weighted by Crippen LogP contribution is 2.26. The molecule has 0 atom stereocenters. The van der Waals surface area contributed by atoms with Gasteiger partial charge in [0.15, 0.2) is 0 Å². The molecule has 1 N–H and O–H groups in total. The number of halogens is 1. The monoisotopic (exact) mass is 245 g/mol. The minimum absolute atomic E-state index is 0.144. The minimum atomic E-state index is -0.934. The van der Waals surface area contributed by atoms with Crippen LogP contribution in [0.15, 0.2) is 36.5 Å². The molecule has 0 fully saturated rings. The molecule has 0 bridgehead atoms. The fourth-order valence-corrected chi connectivity index (χ4v) is 1.90. The van der Waals surface area contributed by atoms with E-state index in [1.165, 1.54) is 12.1 Å². The highest BCUT2D eigenvalue weighted by atomic mass is 19.1. The van der Waals surface area contributed by atoms with Crippen LogP contribution in [0, 0.1) is 12.7 Å². The smallest absolute Gasteiger partial charge is 0.309 e. The second-order valence-corrected chi connectivity index (χ2v) is 4.03. The Labute approximate surface area is 104 Å². The van der Waals surface area contributed by atoms with Gasteiger partial charge in [0.1, 0.15) is 5.82 Å².